The highest BCUT2D eigenvalue weighted by atomic mass is 16.5. The predicted octanol–water partition coefficient (Wildman–Crippen LogP) is 1.36. The van der Waals surface area contributed by atoms with E-state index in [0.717, 1.165) is 5.56 Å². The van der Waals surface area contributed by atoms with Crippen LogP contribution in [0.1, 0.15) is 24.4 Å². The van der Waals surface area contributed by atoms with E-state index >= 15 is 0 Å². The number of benzene rings is 1. The largest absolute Gasteiger partial charge is 0.481 e. The van der Waals surface area contributed by atoms with E-state index in [4.69, 9.17) is 5.11 Å². The Kier molecular flexibility index (Phi) is 5.87. The lowest BCUT2D eigenvalue weighted by Crippen LogP contribution is -2.26. The Bertz CT molecular complexity index is 391. The van der Waals surface area contributed by atoms with Crippen LogP contribution >= 0.6 is 0 Å². The van der Waals surface area contributed by atoms with Crippen molar-refractivity contribution in [3.05, 3.63) is 35.9 Å². The van der Waals surface area contributed by atoms with E-state index in [1.807, 2.05) is 30.3 Å². The van der Waals surface area contributed by atoms with Crippen LogP contribution in [0.2, 0.25) is 0 Å². The van der Waals surface area contributed by atoms with E-state index < -0.39 is 5.97 Å². The van der Waals surface area contributed by atoms with Crippen molar-refractivity contribution in [1.82, 2.24) is 5.32 Å². The summed E-state index contributed by atoms with van der Waals surface area (Å²) in [6.07, 6.45) is 0.199. The molecule has 98 valence electrons. The van der Waals surface area contributed by atoms with Gasteiger partial charge in [0, 0.05) is 12.6 Å². The number of ether oxygens (including phenoxy) is 1. The highest BCUT2D eigenvalue weighted by molar-refractivity contribution is 5.69. The van der Waals surface area contributed by atoms with Crippen LogP contribution in [0, 0.1) is 0 Å². The van der Waals surface area contributed by atoms with Crippen molar-refractivity contribution in [3.63, 3.8) is 0 Å². The molecular formula is C13H17NO4. The van der Waals surface area contributed by atoms with Crippen molar-refractivity contribution in [2.45, 2.75) is 18.9 Å². The standard InChI is InChI=1S/C13H17NO4/c1-18-13(17)7-8-14-11(9-12(15)16)10-5-3-2-4-6-10/h2-6,11,14H,7-9H2,1H3,(H,15,16). The topological polar surface area (TPSA) is 75.6 Å². The van der Waals surface area contributed by atoms with Gasteiger partial charge in [-0.05, 0) is 5.56 Å². The van der Waals surface area contributed by atoms with Gasteiger partial charge >= 0.3 is 11.9 Å². The van der Waals surface area contributed by atoms with Gasteiger partial charge in [-0.3, -0.25) is 9.59 Å². The SMILES string of the molecule is COC(=O)CCNC(CC(=O)O)c1ccccc1. The number of carboxylic acid groups (broad SMARTS) is 1. The van der Waals surface area contributed by atoms with Crippen LogP contribution in [-0.4, -0.2) is 30.7 Å². The lowest BCUT2D eigenvalue weighted by atomic mass is 10.0. The van der Waals surface area contributed by atoms with Gasteiger partial charge in [-0.1, -0.05) is 30.3 Å². The summed E-state index contributed by atoms with van der Waals surface area (Å²) in [6, 6.07) is 9.00. The number of hydrogen-bond acceptors (Lipinski definition) is 4. The third-order valence-electron chi connectivity index (χ3n) is 2.53. The zero-order chi connectivity index (χ0) is 13.4. The number of aliphatic carboxylic acids is 1. The minimum absolute atomic E-state index is 0.0226. The van der Waals surface area contributed by atoms with Crippen molar-refractivity contribution in [3.8, 4) is 0 Å². The van der Waals surface area contributed by atoms with Gasteiger partial charge in [0.15, 0.2) is 0 Å². The second kappa shape index (κ2) is 7.45. The van der Waals surface area contributed by atoms with Crippen molar-refractivity contribution < 1.29 is 19.4 Å². The molecule has 18 heavy (non-hydrogen) atoms. The first kappa shape index (κ1) is 14.2. The summed E-state index contributed by atoms with van der Waals surface area (Å²) >= 11 is 0. The molecular weight excluding hydrogens is 234 g/mol. The molecule has 2 N–H and O–H groups in total. The van der Waals surface area contributed by atoms with Crippen molar-refractivity contribution in [2.75, 3.05) is 13.7 Å². The average Bonchev–Trinajstić information content (AvgIpc) is 2.38. The van der Waals surface area contributed by atoms with Crippen LogP contribution in [0.3, 0.4) is 0 Å². The minimum Gasteiger partial charge on any atom is -0.481 e. The highest BCUT2D eigenvalue weighted by Gasteiger charge is 2.15. The molecule has 0 amide bonds. The second-order valence-electron chi connectivity index (χ2n) is 3.84. The minimum atomic E-state index is -0.880. The molecule has 1 aromatic rings. The van der Waals surface area contributed by atoms with Crippen molar-refractivity contribution in [2.24, 2.45) is 0 Å². The molecule has 0 radical (unpaired) electrons. The Hall–Kier alpha value is -1.88. The van der Waals surface area contributed by atoms with Crippen molar-refractivity contribution >= 4 is 11.9 Å². The summed E-state index contributed by atoms with van der Waals surface area (Å²) < 4.78 is 4.52. The quantitative estimate of drug-likeness (QED) is 0.715. The van der Waals surface area contributed by atoms with E-state index in [1.165, 1.54) is 7.11 Å². The molecule has 1 unspecified atom stereocenters. The monoisotopic (exact) mass is 251 g/mol. The number of rotatable bonds is 7. The lowest BCUT2D eigenvalue weighted by Gasteiger charge is -2.16. The number of esters is 1. The number of carboxylic acids is 1. The maximum absolute atomic E-state index is 11.0. The molecule has 0 spiro atoms. The highest BCUT2D eigenvalue weighted by Crippen LogP contribution is 2.16. The summed E-state index contributed by atoms with van der Waals surface area (Å²) in [4.78, 5) is 21.8. The molecule has 0 saturated carbocycles. The molecule has 1 aromatic carbocycles. The molecule has 5 heteroatoms. The van der Waals surface area contributed by atoms with Gasteiger partial charge in [0.1, 0.15) is 0 Å². The number of methoxy groups -OCH3 is 1. The van der Waals surface area contributed by atoms with E-state index in [0.29, 0.717) is 6.54 Å². The summed E-state index contributed by atoms with van der Waals surface area (Å²) in [7, 11) is 1.33. The average molecular weight is 251 g/mol. The van der Waals surface area contributed by atoms with Gasteiger partial charge in [0.2, 0.25) is 0 Å². The summed E-state index contributed by atoms with van der Waals surface area (Å²) in [6.45, 7) is 0.388. The third kappa shape index (κ3) is 4.97. The molecule has 0 fully saturated rings. The Morgan fingerprint density at radius 1 is 1.33 bits per heavy atom. The zero-order valence-electron chi connectivity index (χ0n) is 10.3. The molecule has 5 nitrogen and oxygen atoms in total. The normalized spacial score (nSPS) is 11.8. The molecule has 0 saturated heterocycles. The summed E-state index contributed by atoms with van der Waals surface area (Å²) in [5, 5.41) is 11.9. The number of carbonyl (C=O) groups excluding carboxylic acids is 1. The summed E-state index contributed by atoms with van der Waals surface area (Å²) in [5.74, 6) is -1.20. The van der Waals surface area contributed by atoms with Gasteiger partial charge in [-0.2, -0.15) is 0 Å². The van der Waals surface area contributed by atoms with Gasteiger partial charge in [-0.15, -0.1) is 0 Å². The van der Waals surface area contributed by atoms with E-state index in [2.05, 4.69) is 10.1 Å². The predicted molar refractivity (Wildman–Crippen MR) is 66.1 cm³/mol. The zero-order valence-corrected chi connectivity index (χ0v) is 10.3. The first-order valence-electron chi connectivity index (χ1n) is 5.70. The molecule has 0 bridgehead atoms. The molecule has 0 aliphatic rings. The maximum Gasteiger partial charge on any atom is 0.306 e. The number of carbonyl (C=O) groups is 2. The number of nitrogens with one attached hydrogen (secondary N) is 1. The maximum atomic E-state index is 11.0. The van der Waals surface area contributed by atoms with Gasteiger partial charge in [0.05, 0.1) is 20.0 Å². The smallest absolute Gasteiger partial charge is 0.306 e. The lowest BCUT2D eigenvalue weighted by molar-refractivity contribution is -0.140. The fourth-order valence-corrected chi connectivity index (χ4v) is 1.62. The Labute approximate surface area is 106 Å². The van der Waals surface area contributed by atoms with Gasteiger partial charge in [-0.25, -0.2) is 0 Å². The molecule has 1 rings (SSSR count). The van der Waals surface area contributed by atoms with Crippen LogP contribution in [-0.2, 0) is 14.3 Å². The molecule has 0 aliphatic carbocycles. The Morgan fingerprint density at radius 2 is 2.00 bits per heavy atom. The van der Waals surface area contributed by atoms with E-state index in [9.17, 15) is 9.59 Å². The van der Waals surface area contributed by atoms with Gasteiger partial charge < -0.3 is 15.2 Å². The second-order valence-corrected chi connectivity index (χ2v) is 3.84. The molecule has 0 aromatic heterocycles. The first-order valence-corrected chi connectivity index (χ1v) is 5.70. The Morgan fingerprint density at radius 3 is 2.56 bits per heavy atom. The van der Waals surface area contributed by atoms with Gasteiger partial charge in [0.25, 0.3) is 0 Å². The fourth-order valence-electron chi connectivity index (χ4n) is 1.62. The third-order valence-corrected chi connectivity index (χ3v) is 2.53. The van der Waals surface area contributed by atoms with Crippen LogP contribution in [0.15, 0.2) is 30.3 Å². The van der Waals surface area contributed by atoms with Crippen LogP contribution in [0.4, 0.5) is 0 Å². The fraction of sp³-hybridized carbons (Fsp3) is 0.385. The number of hydrogen-bond donors (Lipinski definition) is 2. The molecule has 0 aliphatic heterocycles. The summed E-state index contributed by atoms with van der Waals surface area (Å²) in [5.41, 5.74) is 0.893. The molecule has 0 heterocycles. The first-order chi connectivity index (χ1) is 8.63. The Balaban J connectivity index is 2.57. The van der Waals surface area contributed by atoms with E-state index in [1.54, 1.807) is 0 Å². The molecule has 1 atom stereocenters. The van der Waals surface area contributed by atoms with Crippen LogP contribution in [0.5, 0.6) is 0 Å². The van der Waals surface area contributed by atoms with Crippen LogP contribution in [0.25, 0.3) is 0 Å². The van der Waals surface area contributed by atoms with E-state index in [-0.39, 0.29) is 24.9 Å². The van der Waals surface area contributed by atoms with Crippen molar-refractivity contribution in [1.29, 1.82) is 0 Å². The van der Waals surface area contributed by atoms with Crippen LogP contribution < -0.4 is 5.32 Å².